The molecule has 0 saturated heterocycles. The van der Waals surface area contributed by atoms with E-state index in [0.717, 1.165) is 5.56 Å². The van der Waals surface area contributed by atoms with Gasteiger partial charge in [0.1, 0.15) is 0 Å². The molecule has 1 aliphatic rings. The molecule has 3 nitrogen and oxygen atoms in total. The van der Waals surface area contributed by atoms with E-state index in [2.05, 4.69) is 15.9 Å². The fraction of sp³-hybridized carbons (Fsp3) is 0.455. The molecule has 0 aliphatic heterocycles. The number of benzene rings is 1. The van der Waals surface area contributed by atoms with Crippen LogP contribution in [0.2, 0.25) is 5.02 Å². The molecule has 16 heavy (non-hydrogen) atoms. The quantitative estimate of drug-likeness (QED) is 0.480. The first kappa shape index (κ1) is 11.9. The lowest BCUT2D eigenvalue weighted by Crippen LogP contribution is -2.07. The molecule has 86 valence electrons. The Bertz CT molecular complexity index is 420. The van der Waals surface area contributed by atoms with E-state index in [1.54, 1.807) is 12.1 Å². The maximum absolute atomic E-state index is 10.9. The summed E-state index contributed by atoms with van der Waals surface area (Å²) in [6.45, 7) is 0. The Morgan fingerprint density at radius 2 is 2.25 bits per heavy atom. The van der Waals surface area contributed by atoms with Gasteiger partial charge in [-0.15, -0.1) is 0 Å². The van der Waals surface area contributed by atoms with E-state index >= 15 is 0 Å². The molecule has 5 heteroatoms. The van der Waals surface area contributed by atoms with Crippen molar-refractivity contribution in [2.24, 2.45) is 5.92 Å². The summed E-state index contributed by atoms with van der Waals surface area (Å²) >= 11 is 9.34. The van der Waals surface area contributed by atoms with Crippen LogP contribution in [0, 0.1) is 16.0 Å². The van der Waals surface area contributed by atoms with E-state index in [4.69, 9.17) is 11.6 Å². The van der Waals surface area contributed by atoms with Crippen molar-refractivity contribution in [2.45, 2.75) is 24.1 Å². The number of hydrogen-bond donors (Lipinski definition) is 0. The second-order valence-corrected chi connectivity index (χ2v) is 5.70. The smallest absolute Gasteiger partial charge is 0.258 e. The molecule has 0 radical (unpaired) electrons. The largest absolute Gasteiger partial charge is 0.274 e. The van der Waals surface area contributed by atoms with Gasteiger partial charge in [-0.3, -0.25) is 10.1 Å². The van der Waals surface area contributed by atoms with Crippen molar-refractivity contribution in [3.8, 4) is 0 Å². The summed E-state index contributed by atoms with van der Waals surface area (Å²) in [6, 6.07) is 4.87. The van der Waals surface area contributed by atoms with Gasteiger partial charge in [-0.1, -0.05) is 33.6 Å². The molecule has 1 fully saturated rings. The second-order valence-electron chi connectivity index (χ2n) is 4.09. The zero-order valence-electron chi connectivity index (χ0n) is 8.53. The van der Waals surface area contributed by atoms with Gasteiger partial charge in [0.2, 0.25) is 0 Å². The highest BCUT2D eigenvalue weighted by molar-refractivity contribution is 9.09. The van der Waals surface area contributed by atoms with Gasteiger partial charge in [0.05, 0.1) is 4.92 Å². The van der Waals surface area contributed by atoms with Crippen molar-refractivity contribution >= 4 is 33.2 Å². The Morgan fingerprint density at radius 3 is 2.81 bits per heavy atom. The van der Waals surface area contributed by atoms with Gasteiger partial charge in [-0.05, 0) is 31.2 Å². The first-order valence-corrected chi connectivity index (χ1v) is 6.44. The van der Waals surface area contributed by atoms with Crippen LogP contribution >= 0.6 is 27.5 Å². The lowest BCUT2D eigenvalue weighted by molar-refractivity contribution is -0.385. The Labute approximate surface area is 107 Å². The molecular weight excluding hydrogens is 293 g/mol. The highest BCUT2D eigenvalue weighted by Gasteiger charge is 2.30. The van der Waals surface area contributed by atoms with Crippen molar-refractivity contribution in [3.05, 3.63) is 38.9 Å². The molecule has 2 rings (SSSR count). The van der Waals surface area contributed by atoms with Crippen LogP contribution < -0.4 is 0 Å². The molecule has 1 aromatic carbocycles. The number of nitro benzene ring substituents is 1. The number of hydrogen-bond acceptors (Lipinski definition) is 2. The van der Waals surface area contributed by atoms with Crippen molar-refractivity contribution in [1.29, 1.82) is 0 Å². The summed E-state index contributed by atoms with van der Waals surface area (Å²) in [7, 11) is 0. The first-order valence-electron chi connectivity index (χ1n) is 5.15. The first-order chi connectivity index (χ1) is 7.58. The molecule has 1 saturated carbocycles. The summed E-state index contributed by atoms with van der Waals surface area (Å²) in [5.41, 5.74) is 0.876. The highest BCUT2D eigenvalue weighted by atomic mass is 79.9. The molecule has 1 unspecified atom stereocenters. The van der Waals surface area contributed by atoms with Gasteiger partial charge in [0.25, 0.3) is 5.69 Å². The maximum atomic E-state index is 10.9. The van der Waals surface area contributed by atoms with Gasteiger partial charge in [-0.2, -0.15) is 0 Å². The highest BCUT2D eigenvalue weighted by Crippen LogP contribution is 2.39. The van der Waals surface area contributed by atoms with Crippen LogP contribution in [0.5, 0.6) is 0 Å². The van der Waals surface area contributed by atoms with Crippen LogP contribution in [-0.2, 0) is 6.42 Å². The lowest BCUT2D eigenvalue weighted by Gasteiger charge is -2.08. The average molecular weight is 305 g/mol. The molecule has 1 aliphatic carbocycles. The number of nitro groups is 1. The van der Waals surface area contributed by atoms with Crippen LogP contribution in [0.1, 0.15) is 18.4 Å². The standard InChI is InChI=1S/C11H11BrClNO2/c12-10(7-1-2-7)5-8-3-4-9(13)6-11(8)14(15)16/h3-4,6-7,10H,1-2,5H2. The Balaban J connectivity index is 2.21. The minimum absolute atomic E-state index is 0.123. The molecular formula is C11H11BrClNO2. The van der Waals surface area contributed by atoms with Crippen LogP contribution in [0.3, 0.4) is 0 Å². The molecule has 1 atom stereocenters. The summed E-state index contributed by atoms with van der Waals surface area (Å²) < 4.78 is 0. The number of nitrogens with zero attached hydrogens (tertiary/aromatic N) is 1. The fourth-order valence-corrected chi connectivity index (χ4v) is 2.76. The zero-order valence-corrected chi connectivity index (χ0v) is 10.9. The van der Waals surface area contributed by atoms with Crippen molar-refractivity contribution in [2.75, 3.05) is 0 Å². The Morgan fingerprint density at radius 1 is 1.56 bits per heavy atom. The molecule has 0 amide bonds. The van der Waals surface area contributed by atoms with E-state index < -0.39 is 0 Å². The maximum Gasteiger partial charge on any atom is 0.274 e. The zero-order chi connectivity index (χ0) is 11.7. The monoisotopic (exact) mass is 303 g/mol. The average Bonchev–Trinajstić information content (AvgIpc) is 3.03. The van der Waals surface area contributed by atoms with Gasteiger partial charge < -0.3 is 0 Å². The number of rotatable bonds is 4. The molecule has 0 aromatic heterocycles. The molecule has 1 aromatic rings. The lowest BCUT2D eigenvalue weighted by atomic mass is 10.1. The van der Waals surface area contributed by atoms with Crippen LogP contribution in [-0.4, -0.2) is 9.75 Å². The minimum atomic E-state index is -0.367. The van der Waals surface area contributed by atoms with Crippen molar-refractivity contribution in [1.82, 2.24) is 0 Å². The number of alkyl halides is 1. The van der Waals surface area contributed by atoms with Gasteiger partial charge in [0.15, 0.2) is 0 Å². The topological polar surface area (TPSA) is 43.1 Å². The van der Waals surface area contributed by atoms with E-state index in [0.29, 0.717) is 22.2 Å². The van der Waals surface area contributed by atoms with Crippen LogP contribution in [0.15, 0.2) is 18.2 Å². The van der Waals surface area contributed by atoms with E-state index in [1.807, 2.05) is 0 Å². The van der Waals surface area contributed by atoms with E-state index in [1.165, 1.54) is 18.9 Å². The van der Waals surface area contributed by atoms with Crippen molar-refractivity contribution < 1.29 is 4.92 Å². The second kappa shape index (κ2) is 4.72. The summed E-state index contributed by atoms with van der Waals surface area (Å²) in [4.78, 5) is 10.8. The van der Waals surface area contributed by atoms with E-state index in [-0.39, 0.29) is 10.6 Å². The summed E-state index contributed by atoms with van der Waals surface area (Å²) in [5, 5.41) is 11.3. The van der Waals surface area contributed by atoms with Crippen LogP contribution in [0.25, 0.3) is 0 Å². The number of halogens is 2. The SMILES string of the molecule is O=[N+]([O-])c1cc(Cl)ccc1CC(Br)C1CC1. The molecule has 0 bridgehead atoms. The Hall–Kier alpha value is -0.610. The third-order valence-electron chi connectivity index (χ3n) is 2.79. The predicted octanol–water partition coefficient (Wildman–Crippen LogP) is 3.96. The predicted molar refractivity (Wildman–Crippen MR) is 67.2 cm³/mol. The normalized spacial score (nSPS) is 17.1. The molecule has 0 N–H and O–H groups in total. The summed E-state index contributed by atoms with van der Waals surface area (Å²) in [6.07, 6.45) is 3.13. The van der Waals surface area contributed by atoms with E-state index in [9.17, 15) is 10.1 Å². The summed E-state index contributed by atoms with van der Waals surface area (Å²) in [5.74, 6) is 0.676. The molecule has 0 spiro atoms. The fourth-order valence-electron chi connectivity index (χ4n) is 1.71. The van der Waals surface area contributed by atoms with Gasteiger partial charge >= 0.3 is 0 Å². The third kappa shape index (κ3) is 2.74. The Kier molecular flexibility index (Phi) is 3.50. The minimum Gasteiger partial charge on any atom is -0.258 e. The molecule has 0 heterocycles. The third-order valence-corrected chi connectivity index (χ3v) is 4.10. The van der Waals surface area contributed by atoms with Gasteiger partial charge in [-0.25, -0.2) is 0 Å². The van der Waals surface area contributed by atoms with Crippen molar-refractivity contribution in [3.63, 3.8) is 0 Å². The van der Waals surface area contributed by atoms with Gasteiger partial charge in [0, 0.05) is 21.5 Å². The van der Waals surface area contributed by atoms with Crippen LogP contribution in [0.4, 0.5) is 5.69 Å².